The molecule has 1 amide bonds. The lowest BCUT2D eigenvalue weighted by Gasteiger charge is -2.35. The van der Waals surface area contributed by atoms with Crippen LogP contribution in [0.3, 0.4) is 0 Å². The van der Waals surface area contributed by atoms with Crippen molar-refractivity contribution in [1.29, 1.82) is 0 Å². The highest BCUT2D eigenvalue weighted by Crippen LogP contribution is 2.32. The molecule has 0 heterocycles. The number of rotatable bonds is 4. The van der Waals surface area contributed by atoms with E-state index >= 15 is 0 Å². The maximum Gasteiger partial charge on any atom is 0.308 e. The average Bonchev–Trinajstić information content (AvgIpc) is 2.53. The fourth-order valence-corrected chi connectivity index (χ4v) is 2.75. The van der Waals surface area contributed by atoms with Crippen molar-refractivity contribution in [2.45, 2.75) is 31.3 Å². The Morgan fingerprint density at radius 1 is 1.35 bits per heavy atom. The number of hydrogen-bond acceptors (Lipinski definition) is 4. The zero-order valence-electron chi connectivity index (χ0n) is 12.8. The van der Waals surface area contributed by atoms with Crippen LogP contribution in [0.1, 0.15) is 36.0 Å². The van der Waals surface area contributed by atoms with Crippen LogP contribution in [0.15, 0.2) is 18.2 Å². The highest BCUT2D eigenvalue weighted by atomic mass is 19.1. The molecule has 2 N–H and O–H groups in total. The SMILES string of the molecule is COC(=O)C1CCC(O)(CNC(=O)c2ccc(F)cc2F)CC1. The van der Waals surface area contributed by atoms with Gasteiger partial charge in [-0.3, -0.25) is 9.59 Å². The summed E-state index contributed by atoms with van der Waals surface area (Å²) in [5.74, 6) is -2.98. The second kappa shape index (κ2) is 7.04. The molecule has 1 saturated carbocycles. The van der Waals surface area contributed by atoms with Crippen LogP contribution < -0.4 is 5.32 Å². The Hall–Kier alpha value is -2.02. The van der Waals surface area contributed by atoms with Crippen molar-refractivity contribution >= 4 is 11.9 Å². The van der Waals surface area contributed by atoms with E-state index in [1.165, 1.54) is 7.11 Å². The van der Waals surface area contributed by atoms with Crippen LogP contribution in [0.25, 0.3) is 0 Å². The van der Waals surface area contributed by atoms with Gasteiger partial charge in [-0.15, -0.1) is 0 Å². The molecule has 1 aliphatic carbocycles. The highest BCUT2D eigenvalue weighted by molar-refractivity contribution is 5.94. The van der Waals surface area contributed by atoms with E-state index in [0.29, 0.717) is 31.7 Å². The fourth-order valence-electron chi connectivity index (χ4n) is 2.75. The zero-order valence-corrected chi connectivity index (χ0v) is 12.8. The summed E-state index contributed by atoms with van der Waals surface area (Å²) >= 11 is 0. The summed E-state index contributed by atoms with van der Waals surface area (Å²) in [6.07, 6.45) is 1.59. The molecule has 1 fully saturated rings. The molecule has 0 aromatic heterocycles. The van der Waals surface area contributed by atoms with Crippen LogP contribution in [-0.2, 0) is 9.53 Å². The molecule has 7 heteroatoms. The molecule has 0 bridgehead atoms. The molecule has 0 spiro atoms. The Kier molecular flexibility index (Phi) is 5.30. The van der Waals surface area contributed by atoms with Gasteiger partial charge in [-0.25, -0.2) is 8.78 Å². The molecule has 2 rings (SSSR count). The summed E-state index contributed by atoms with van der Waals surface area (Å²) < 4.78 is 31.0. The summed E-state index contributed by atoms with van der Waals surface area (Å²) in [6.45, 7) is -0.0590. The number of carbonyl (C=O) groups is 2. The standard InChI is InChI=1S/C16H19F2NO4/c1-23-15(21)10-4-6-16(22,7-5-10)9-19-14(20)12-3-2-11(17)8-13(12)18/h2-3,8,10,22H,4-7,9H2,1H3,(H,19,20). The van der Waals surface area contributed by atoms with Crippen LogP contribution in [0.4, 0.5) is 8.78 Å². The smallest absolute Gasteiger partial charge is 0.308 e. The van der Waals surface area contributed by atoms with E-state index in [1.807, 2.05) is 0 Å². The third kappa shape index (κ3) is 4.25. The molecular formula is C16H19F2NO4. The van der Waals surface area contributed by atoms with Crippen molar-refractivity contribution in [2.24, 2.45) is 5.92 Å². The van der Waals surface area contributed by atoms with Crippen LogP contribution >= 0.6 is 0 Å². The van der Waals surface area contributed by atoms with Gasteiger partial charge in [-0.05, 0) is 37.8 Å². The van der Waals surface area contributed by atoms with Crippen LogP contribution in [0.5, 0.6) is 0 Å². The largest absolute Gasteiger partial charge is 0.469 e. The quantitative estimate of drug-likeness (QED) is 0.827. The van der Waals surface area contributed by atoms with Crippen molar-refractivity contribution in [3.63, 3.8) is 0 Å². The van der Waals surface area contributed by atoms with Crippen molar-refractivity contribution in [3.05, 3.63) is 35.4 Å². The van der Waals surface area contributed by atoms with Gasteiger partial charge in [0.15, 0.2) is 0 Å². The van der Waals surface area contributed by atoms with Crippen molar-refractivity contribution in [2.75, 3.05) is 13.7 Å². The molecule has 5 nitrogen and oxygen atoms in total. The van der Waals surface area contributed by atoms with E-state index in [1.54, 1.807) is 0 Å². The summed E-state index contributed by atoms with van der Waals surface area (Å²) in [7, 11) is 1.32. The minimum atomic E-state index is -1.14. The van der Waals surface area contributed by atoms with Gasteiger partial charge in [-0.2, -0.15) is 0 Å². The molecule has 0 atom stereocenters. The van der Waals surface area contributed by atoms with E-state index in [4.69, 9.17) is 0 Å². The summed E-state index contributed by atoms with van der Waals surface area (Å²) in [4.78, 5) is 23.4. The molecule has 0 aliphatic heterocycles. The lowest BCUT2D eigenvalue weighted by Crippen LogP contribution is -2.46. The monoisotopic (exact) mass is 327 g/mol. The summed E-state index contributed by atoms with van der Waals surface area (Å²) in [5, 5.41) is 12.9. The number of aliphatic hydroxyl groups is 1. The Morgan fingerprint density at radius 2 is 2.00 bits per heavy atom. The second-order valence-corrected chi connectivity index (χ2v) is 5.83. The average molecular weight is 327 g/mol. The van der Waals surface area contributed by atoms with Crippen LogP contribution in [0, 0.1) is 17.6 Å². The summed E-state index contributed by atoms with van der Waals surface area (Å²) in [5.41, 5.74) is -1.42. The Labute approximate surface area is 132 Å². The third-order valence-corrected chi connectivity index (χ3v) is 4.20. The Balaban J connectivity index is 1.90. The number of halogens is 2. The minimum Gasteiger partial charge on any atom is -0.469 e. The molecule has 0 saturated heterocycles. The molecule has 0 unspecified atom stereocenters. The van der Waals surface area contributed by atoms with Crippen LogP contribution in [0.2, 0.25) is 0 Å². The number of carbonyl (C=O) groups excluding carboxylic acids is 2. The first kappa shape index (κ1) is 17.3. The topological polar surface area (TPSA) is 75.6 Å². The number of nitrogens with one attached hydrogen (secondary N) is 1. The second-order valence-electron chi connectivity index (χ2n) is 5.83. The number of ether oxygens (including phenoxy) is 1. The normalized spacial score (nSPS) is 24.1. The molecular weight excluding hydrogens is 308 g/mol. The van der Waals surface area contributed by atoms with Gasteiger partial charge in [0, 0.05) is 12.6 Å². The predicted octanol–water partition coefficient (Wildman–Crippen LogP) is 1.79. The van der Waals surface area contributed by atoms with E-state index in [2.05, 4.69) is 10.1 Å². The van der Waals surface area contributed by atoms with E-state index in [-0.39, 0.29) is 24.0 Å². The van der Waals surface area contributed by atoms with Gasteiger partial charge in [-0.1, -0.05) is 0 Å². The lowest BCUT2D eigenvalue weighted by atomic mass is 9.78. The first-order chi connectivity index (χ1) is 10.8. The third-order valence-electron chi connectivity index (χ3n) is 4.20. The maximum atomic E-state index is 13.5. The molecule has 126 valence electrons. The number of benzene rings is 1. The summed E-state index contributed by atoms with van der Waals surface area (Å²) in [6, 6.07) is 2.68. The molecule has 1 aromatic rings. The number of esters is 1. The highest BCUT2D eigenvalue weighted by Gasteiger charge is 2.36. The minimum absolute atomic E-state index is 0.0590. The molecule has 1 aliphatic rings. The van der Waals surface area contributed by atoms with Crippen LogP contribution in [-0.4, -0.2) is 36.2 Å². The number of amides is 1. The van der Waals surface area contributed by atoms with Gasteiger partial charge in [0.2, 0.25) is 0 Å². The maximum absolute atomic E-state index is 13.5. The van der Waals surface area contributed by atoms with E-state index in [9.17, 15) is 23.5 Å². The van der Waals surface area contributed by atoms with Gasteiger partial charge in [0.05, 0.1) is 24.2 Å². The van der Waals surface area contributed by atoms with Crippen molar-refractivity contribution in [1.82, 2.24) is 5.32 Å². The zero-order chi connectivity index (χ0) is 17.0. The lowest BCUT2D eigenvalue weighted by molar-refractivity contribution is -0.148. The van der Waals surface area contributed by atoms with Gasteiger partial charge in [0.25, 0.3) is 5.91 Å². The predicted molar refractivity (Wildman–Crippen MR) is 77.6 cm³/mol. The molecule has 23 heavy (non-hydrogen) atoms. The van der Waals surface area contributed by atoms with Crippen molar-refractivity contribution in [3.8, 4) is 0 Å². The fraction of sp³-hybridized carbons (Fsp3) is 0.500. The van der Waals surface area contributed by atoms with Gasteiger partial charge in [0.1, 0.15) is 11.6 Å². The van der Waals surface area contributed by atoms with E-state index < -0.39 is 23.1 Å². The van der Waals surface area contributed by atoms with Gasteiger partial charge < -0.3 is 15.2 Å². The van der Waals surface area contributed by atoms with Crippen molar-refractivity contribution < 1.29 is 28.2 Å². The first-order valence-electron chi connectivity index (χ1n) is 7.38. The Bertz CT molecular complexity index is 598. The Morgan fingerprint density at radius 3 is 2.57 bits per heavy atom. The first-order valence-corrected chi connectivity index (χ1v) is 7.38. The number of methoxy groups -OCH3 is 1. The molecule has 1 aromatic carbocycles. The molecule has 0 radical (unpaired) electrons. The number of hydrogen-bond donors (Lipinski definition) is 2. The van der Waals surface area contributed by atoms with Gasteiger partial charge >= 0.3 is 5.97 Å². The van der Waals surface area contributed by atoms with E-state index in [0.717, 1.165) is 12.1 Å².